The Kier molecular flexibility index (Phi) is 7.95. The molecule has 6 nitrogen and oxygen atoms in total. The number of thiophene rings is 1. The molecule has 1 aromatic heterocycles. The minimum Gasteiger partial charge on any atom is -0.484 e. The number of carbonyl (C=O) groups excluding carboxylic acids is 1. The molecule has 140 valence electrons. The van der Waals surface area contributed by atoms with Gasteiger partial charge in [-0.25, -0.2) is 0 Å². The minimum atomic E-state index is -0.481. The van der Waals surface area contributed by atoms with E-state index in [4.69, 9.17) is 10.5 Å². The molecular weight excluding hydrogens is 348 g/mol. The molecule has 1 amide bonds. The van der Waals surface area contributed by atoms with Crippen LogP contribution < -0.4 is 21.1 Å². The third-order valence-electron chi connectivity index (χ3n) is 3.84. The highest BCUT2D eigenvalue weighted by atomic mass is 32.1. The summed E-state index contributed by atoms with van der Waals surface area (Å²) in [5.41, 5.74) is 6.23. The van der Waals surface area contributed by atoms with Gasteiger partial charge < -0.3 is 21.1 Å². The third kappa shape index (κ3) is 6.76. The summed E-state index contributed by atoms with van der Waals surface area (Å²) in [6, 6.07) is 11.9. The molecule has 7 heteroatoms. The van der Waals surface area contributed by atoms with Gasteiger partial charge in [0.1, 0.15) is 5.75 Å². The van der Waals surface area contributed by atoms with Gasteiger partial charge in [-0.1, -0.05) is 25.1 Å². The summed E-state index contributed by atoms with van der Waals surface area (Å²) < 4.78 is 5.25. The molecule has 0 spiro atoms. The van der Waals surface area contributed by atoms with Crippen molar-refractivity contribution < 1.29 is 9.53 Å². The minimum absolute atomic E-state index is 0.104. The molecule has 1 heterocycles. The van der Waals surface area contributed by atoms with Crippen LogP contribution in [0.1, 0.15) is 23.3 Å². The van der Waals surface area contributed by atoms with Crippen LogP contribution in [0.25, 0.3) is 0 Å². The van der Waals surface area contributed by atoms with Crippen LogP contribution in [0.2, 0.25) is 0 Å². The fourth-order valence-corrected chi connectivity index (χ4v) is 3.16. The van der Waals surface area contributed by atoms with E-state index in [1.54, 1.807) is 18.4 Å². The molecule has 0 aliphatic carbocycles. The predicted molar refractivity (Wildman–Crippen MR) is 107 cm³/mol. The highest BCUT2D eigenvalue weighted by molar-refractivity contribution is 7.10. The molecule has 0 aliphatic rings. The molecule has 2 aromatic rings. The van der Waals surface area contributed by atoms with Crippen molar-refractivity contribution in [2.75, 3.05) is 26.7 Å². The first kappa shape index (κ1) is 19.8. The van der Waals surface area contributed by atoms with Crippen LogP contribution in [0.4, 0.5) is 0 Å². The lowest BCUT2D eigenvalue weighted by atomic mass is 10.1. The smallest absolute Gasteiger partial charge is 0.255 e. The SMILES string of the molecule is CN=C(NCCc1ccc(OCC(N)=O)cc1)NCC(C)c1cccs1. The summed E-state index contributed by atoms with van der Waals surface area (Å²) in [6.07, 6.45) is 0.858. The first-order valence-corrected chi connectivity index (χ1v) is 9.44. The number of nitrogens with two attached hydrogens (primary N) is 1. The largest absolute Gasteiger partial charge is 0.484 e. The number of ether oxygens (including phenoxy) is 1. The highest BCUT2D eigenvalue weighted by Gasteiger charge is 2.07. The molecule has 0 bridgehead atoms. The lowest BCUT2D eigenvalue weighted by molar-refractivity contribution is -0.119. The number of hydrogen-bond donors (Lipinski definition) is 3. The van der Waals surface area contributed by atoms with Gasteiger partial charge in [0.25, 0.3) is 5.91 Å². The number of nitrogens with one attached hydrogen (secondary N) is 2. The zero-order chi connectivity index (χ0) is 18.8. The molecule has 0 saturated carbocycles. The fraction of sp³-hybridized carbons (Fsp3) is 0.368. The van der Waals surface area contributed by atoms with Crippen molar-refractivity contribution in [2.45, 2.75) is 19.3 Å². The summed E-state index contributed by atoms with van der Waals surface area (Å²) in [5, 5.41) is 8.79. The number of nitrogens with zero attached hydrogens (tertiary/aromatic N) is 1. The van der Waals surface area contributed by atoms with Crippen LogP contribution in [0.5, 0.6) is 5.75 Å². The Morgan fingerprint density at radius 1 is 1.27 bits per heavy atom. The highest BCUT2D eigenvalue weighted by Crippen LogP contribution is 2.19. The topological polar surface area (TPSA) is 88.7 Å². The van der Waals surface area contributed by atoms with Gasteiger partial charge in [-0.05, 0) is 35.6 Å². The van der Waals surface area contributed by atoms with Crippen molar-refractivity contribution in [3.8, 4) is 5.75 Å². The zero-order valence-corrected chi connectivity index (χ0v) is 16.0. The Labute approximate surface area is 158 Å². The van der Waals surface area contributed by atoms with Gasteiger partial charge >= 0.3 is 0 Å². The van der Waals surface area contributed by atoms with Crippen molar-refractivity contribution in [1.29, 1.82) is 0 Å². The maximum atomic E-state index is 10.7. The van der Waals surface area contributed by atoms with Crippen LogP contribution in [-0.2, 0) is 11.2 Å². The molecule has 0 saturated heterocycles. The van der Waals surface area contributed by atoms with Crippen LogP contribution >= 0.6 is 11.3 Å². The number of rotatable bonds is 9. The standard InChI is InChI=1S/C19H26N4O2S/c1-14(17-4-3-11-26-17)12-23-19(21-2)22-10-9-15-5-7-16(8-6-15)25-13-18(20)24/h3-8,11,14H,9-10,12-13H2,1-2H3,(H2,20,24)(H2,21,22,23). The van der Waals surface area contributed by atoms with Gasteiger partial charge in [0.05, 0.1) is 0 Å². The van der Waals surface area contributed by atoms with Crippen LogP contribution in [0.3, 0.4) is 0 Å². The summed E-state index contributed by atoms with van der Waals surface area (Å²) >= 11 is 1.78. The summed E-state index contributed by atoms with van der Waals surface area (Å²) in [5.74, 6) is 1.41. The number of benzene rings is 1. The maximum Gasteiger partial charge on any atom is 0.255 e. The average Bonchev–Trinajstić information content (AvgIpc) is 3.18. The zero-order valence-electron chi connectivity index (χ0n) is 15.2. The number of carbonyl (C=O) groups is 1. The molecule has 1 aromatic carbocycles. The summed E-state index contributed by atoms with van der Waals surface area (Å²) in [7, 11) is 1.77. The predicted octanol–water partition coefficient (Wildman–Crippen LogP) is 2.12. The molecule has 2 rings (SSSR count). The van der Waals surface area contributed by atoms with Gasteiger partial charge in [-0.2, -0.15) is 0 Å². The van der Waals surface area contributed by atoms with Gasteiger partial charge in [0.15, 0.2) is 12.6 Å². The lowest BCUT2D eigenvalue weighted by Crippen LogP contribution is -2.39. The first-order chi connectivity index (χ1) is 12.6. The molecule has 0 fully saturated rings. The van der Waals surface area contributed by atoms with Crippen molar-refractivity contribution in [2.24, 2.45) is 10.7 Å². The second kappa shape index (κ2) is 10.5. The molecule has 0 radical (unpaired) electrons. The van der Waals surface area contributed by atoms with Gasteiger partial charge in [-0.3, -0.25) is 9.79 Å². The Balaban J connectivity index is 1.70. The molecule has 0 aliphatic heterocycles. The normalized spacial score (nSPS) is 12.5. The fourth-order valence-electron chi connectivity index (χ4n) is 2.37. The second-order valence-corrected chi connectivity index (χ2v) is 6.92. The van der Waals surface area contributed by atoms with Crippen LogP contribution in [0, 0.1) is 0 Å². The van der Waals surface area contributed by atoms with Crippen LogP contribution in [0.15, 0.2) is 46.8 Å². The van der Waals surface area contributed by atoms with E-state index < -0.39 is 5.91 Å². The van der Waals surface area contributed by atoms with E-state index in [0.29, 0.717) is 11.7 Å². The van der Waals surface area contributed by atoms with Crippen molar-refractivity contribution in [1.82, 2.24) is 10.6 Å². The molecule has 1 atom stereocenters. The number of amides is 1. The average molecular weight is 375 g/mol. The Morgan fingerprint density at radius 2 is 2.04 bits per heavy atom. The van der Waals surface area contributed by atoms with E-state index in [2.05, 4.69) is 40.1 Å². The Morgan fingerprint density at radius 3 is 2.65 bits per heavy atom. The van der Waals surface area contributed by atoms with E-state index in [-0.39, 0.29) is 6.61 Å². The van der Waals surface area contributed by atoms with Gasteiger partial charge in [0.2, 0.25) is 0 Å². The van der Waals surface area contributed by atoms with E-state index in [1.807, 2.05) is 24.3 Å². The van der Waals surface area contributed by atoms with Crippen molar-refractivity contribution >= 4 is 23.2 Å². The monoisotopic (exact) mass is 374 g/mol. The lowest BCUT2D eigenvalue weighted by Gasteiger charge is -2.15. The summed E-state index contributed by atoms with van der Waals surface area (Å²) in [4.78, 5) is 16.3. The maximum absolute atomic E-state index is 10.7. The van der Waals surface area contributed by atoms with Crippen molar-refractivity contribution in [3.05, 3.63) is 52.2 Å². The van der Waals surface area contributed by atoms with E-state index in [9.17, 15) is 4.79 Å². The number of hydrogen-bond acceptors (Lipinski definition) is 4. The van der Waals surface area contributed by atoms with Gasteiger partial charge in [0, 0.05) is 30.9 Å². The van der Waals surface area contributed by atoms with Crippen molar-refractivity contribution in [3.63, 3.8) is 0 Å². The number of guanidine groups is 1. The number of primary amides is 1. The quantitative estimate of drug-likeness (QED) is 0.463. The number of aliphatic imine (C=N–C) groups is 1. The van der Waals surface area contributed by atoms with Crippen LogP contribution in [-0.4, -0.2) is 38.6 Å². The van der Waals surface area contributed by atoms with E-state index >= 15 is 0 Å². The Hall–Kier alpha value is -2.54. The third-order valence-corrected chi connectivity index (χ3v) is 4.94. The second-order valence-electron chi connectivity index (χ2n) is 5.95. The summed E-state index contributed by atoms with van der Waals surface area (Å²) in [6.45, 7) is 3.71. The van der Waals surface area contributed by atoms with E-state index in [0.717, 1.165) is 25.5 Å². The molecule has 4 N–H and O–H groups in total. The van der Waals surface area contributed by atoms with E-state index in [1.165, 1.54) is 10.4 Å². The van der Waals surface area contributed by atoms with Gasteiger partial charge in [-0.15, -0.1) is 11.3 Å². The molecular formula is C19H26N4O2S. The Bertz CT molecular complexity index is 699. The first-order valence-electron chi connectivity index (χ1n) is 8.56. The molecule has 26 heavy (non-hydrogen) atoms. The molecule has 1 unspecified atom stereocenters.